The highest BCUT2D eigenvalue weighted by Crippen LogP contribution is 2.29. The van der Waals surface area contributed by atoms with E-state index in [0.717, 1.165) is 23.8 Å². The summed E-state index contributed by atoms with van der Waals surface area (Å²) < 4.78 is 11.9. The molecule has 218 valence electrons. The van der Waals surface area contributed by atoms with Crippen LogP contribution in [0.25, 0.3) is 0 Å². The lowest BCUT2D eigenvalue weighted by molar-refractivity contribution is -0.149. The lowest BCUT2D eigenvalue weighted by Crippen LogP contribution is -2.38. The predicted octanol–water partition coefficient (Wildman–Crippen LogP) is 4.63. The summed E-state index contributed by atoms with van der Waals surface area (Å²) in [5.41, 5.74) is -1.42. The summed E-state index contributed by atoms with van der Waals surface area (Å²) in [7, 11) is 0. The van der Waals surface area contributed by atoms with Gasteiger partial charge in [-0.25, -0.2) is 4.79 Å². The second-order valence-electron chi connectivity index (χ2n) is 10.2. The molecule has 0 radical (unpaired) electrons. The molecule has 2 heterocycles. The van der Waals surface area contributed by atoms with Crippen LogP contribution in [0.15, 0.2) is 20.3 Å². The summed E-state index contributed by atoms with van der Waals surface area (Å²) in [6.45, 7) is 1.96. The van der Waals surface area contributed by atoms with E-state index in [2.05, 4.69) is 40.5 Å². The fraction of sp³-hybridized carbons (Fsp3) is 0.815. The van der Waals surface area contributed by atoms with Gasteiger partial charge in [-0.2, -0.15) is 12.6 Å². The first kappa shape index (κ1) is 33.1. The van der Waals surface area contributed by atoms with Crippen LogP contribution in [0.5, 0.6) is 0 Å². The summed E-state index contributed by atoms with van der Waals surface area (Å²) in [6, 6.07) is 0. The Hall–Kier alpha value is -1.14. The number of aromatic amines is 1. The number of unbranched alkanes of at least 4 members (excludes halogenated alkanes) is 13. The average molecular weight is 622 g/mol. The van der Waals surface area contributed by atoms with Crippen molar-refractivity contribution >= 4 is 34.5 Å². The highest BCUT2D eigenvalue weighted by molar-refractivity contribution is 9.10. The molecule has 2 rings (SSSR count). The number of aliphatic hydroxyl groups excluding tert-OH is 2. The number of aromatic nitrogens is 2. The quantitative estimate of drug-likeness (QED) is 0.101. The molecule has 1 saturated heterocycles. The number of hydrogen-bond donors (Lipinski definition) is 4. The first-order valence-corrected chi connectivity index (χ1v) is 15.4. The van der Waals surface area contributed by atoms with Crippen molar-refractivity contribution in [2.45, 2.75) is 133 Å². The van der Waals surface area contributed by atoms with Crippen LogP contribution in [-0.2, 0) is 14.3 Å². The lowest BCUT2D eigenvalue weighted by Gasteiger charge is -2.17. The van der Waals surface area contributed by atoms with Gasteiger partial charge in [0.05, 0.1) is 9.72 Å². The van der Waals surface area contributed by atoms with Crippen molar-refractivity contribution in [1.82, 2.24) is 9.55 Å². The Morgan fingerprint density at radius 1 is 1.00 bits per heavy atom. The summed E-state index contributed by atoms with van der Waals surface area (Å²) in [5, 5.41) is 20.1. The Morgan fingerprint density at radius 2 is 1.53 bits per heavy atom. The number of H-pyrrole nitrogens is 1. The van der Waals surface area contributed by atoms with Gasteiger partial charge in [0.25, 0.3) is 5.56 Å². The number of halogens is 1. The molecule has 11 heteroatoms. The molecule has 0 bridgehead atoms. The molecule has 1 aromatic rings. The van der Waals surface area contributed by atoms with Gasteiger partial charge in [-0.15, -0.1) is 0 Å². The van der Waals surface area contributed by atoms with Gasteiger partial charge in [-0.3, -0.25) is 19.1 Å². The van der Waals surface area contributed by atoms with E-state index in [4.69, 9.17) is 9.47 Å². The van der Waals surface area contributed by atoms with Crippen LogP contribution in [-0.4, -0.2) is 55.9 Å². The smallest absolute Gasteiger partial charge is 0.330 e. The Labute approximate surface area is 239 Å². The van der Waals surface area contributed by atoms with Crippen LogP contribution < -0.4 is 11.2 Å². The van der Waals surface area contributed by atoms with Crippen LogP contribution in [0.1, 0.15) is 109 Å². The number of aliphatic hydroxyl groups is 2. The zero-order valence-corrected chi connectivity index (χ0v) is 25.0. The summed E-state index contributed by atoms with van der Waals surface area (Å²) >= 11 is 7.38. The second-order valence-corrected chi connectivity index (χ2v) is 11.7. The maximum absolute atomic E-state index is 12.3. The molecule has 0 amide bonds. The normalized spacial score (nSPS) is 22.0. The Balaban J connectivity index is 1.56. The van der Waals surface area contributed by atoms with E-state index in [0.29, 0.717) is 6.42 Å². The highest BCUT2D eigenvalue weighted by Gasteiger charge is 2.45. The largest absolute Gasteiger partial charge is 0.462 e. The molecule has 38 heavy (non-hydrogen) atoms. The molecule has 1 fully saturated rings. The van der Waals surface area contributed by atoms with Gasteiger partial charge in [0.2, 0.25) is 0 Å². The van der Waals surface area contributed by atoms with Crippen molar-refractivity contribution in [2.24, 2.45) is 0 Å². The first-order chi connectivity index (χ1) is 18.3. The molecular formula is C27H45BrN2O7S. The molecule has 5 atom stereocenters. The Kier molecular flexibility index (Phi) is 15.9. The minimum Gasteiger partial charge on any atom is -0.462 e. The zero-order valence-electron chi connectivity index (χ0n) is 22.5. The molecule has 3 N–H and O–H groups in total. The molecular weight excluding hydrogens is 576 g/mol. The van der Waals surface area contributed by atoms with Crippen molar-refractivity contribution in [2.75, 3.05) is 6.61 Å². The molecule has 0 aliphatic carbocycles. The average Bonchev–Trinajstić information content (AvgIpc) is 3.17. The molecule has 3 unspecified atom stereocenters. The first-order valence-electron chi connectivity index (χ1n) is 14.1. The van der Waals surface area contributed by atoms with E-state index in [1.165, 1.54) is 76.8 Å². The molecule has 1 aliphatic rings. The van der Waals surface area contributed by atoms with Crippen LogP contribution in [0.4, 0.5) is 0 Å². The van der Waals surface area contributed by atoms with Gasteiger partial charge in [0.1, 0.15) is 24.9 Å². The number of esters is 1. The molecule has 1 aliphatic heterocycles. The molecule has 0 spiro atoms. The SMILES string of the molecule is CCCCCCCCCCCCCCCCC(S)C(=O)OC[C@@H]1O[C@H](n2cc(Br)c(=O)[nH]c2=O)C(O)C1O. The van der Waals surface area contributed by atoms with Crippen molar-refractivity contribution in [1.29, 1.82) is 0 Å². The predicted molar refractivity (Wildman–Crippen MR) is 154 cm³/mol. The number of nitrogens with one attached hydrogen (secondary N) is 1. The van der Waals surface area contributed by atoms with Crippen LogP contribution in [0.2, 0.25) is 0 Å². The van der Waals surface area contributed by atoms with E-state index in [-0.39, 0.29) is 11.1 Å². The van der Waals surface area contributed by atoms with Gasteiger partial charge in [0, 0.05) is 6.20 Å². The number of carbonyl (C=O) groups is 1. The number of hydrogen-bond acceptors (Lipinski definition) is 8. The Bertz CT molecular complexity index is 941. The van der Waals surface area contributed by atoms with Gasteiger partial charge in [-0.05, 0) is 22.4 Å². The molecule has 0 saturated carbocycles. The van der Waals surface area contributed by atoms with Crippen molar-refractivity contribution in [3.8, 4) is 0 Å². The zero-order chi connectivity index (χ0) is 27.9. The topological polar surface area (TPSA) is 131 Å². The fourth-order valence-corrected chi connectivity index (χ4v) is 5.23. The molecule has 0 aromatic carbocycles. The minimum absolute atomic E-state index is 0.0682. The highest BCUT2D eigenvalue weighted by atomic mass is 79.9. The van der Waals surface area contributed by atoms with E-state index in [1.807, 2.05) is 0 Å². The summed E-state index contributed by atoms with van der Waals surface area (Å²) in [5.74, 6) is -0.513. The monoisotopic (exact) mass is 620 g/mol. The van der Waals surface area contributed by atoms with Gasteiger partial charge >= 0.3 is 11.7 Å². The Morgan fingerprint density at radius 3 is 2.08 bits per heavy atom. The summed E-state index contributed by atoms with van der Waals surface area (Å²) in [4.78, 5) is 38.1. The number of carbonyl (C=O) groups excluding carboxylic acids is 1. The third-order valence-electron chi connectivity index (χ3n) is 7.03. The van der Waals surface area contributed by atoms with Gasteiger partial charge in [-0.1, -0.05) is 96.8 Å². The maximum Gasteiger partial charge on any atom is 0.330 e. The number of nitrogens with zero attached hydrogens (tertiary/aromatic N) is 1. The van der Waals surface area contributed by atoms with E-state index >= 15 is 0 Å². The standard InChI is InChI=1S/C27H45BrN2O7S/c1-2-3-4-5-6-7-8-9-10-11-12-13-14-15-16-21(38)26(34)36-18-20-22(31)23(32)25(37-20)30-17-19(28)24(33)29-27(30)35/h17,20-23,25,31-32,38H,2-16,18H2,1H3,(H,29,33,35)/t20-,21?,22?,23?,25-/m0/s1. The fourth-order valence-electron chi connectivity index (χ4n) is 4.66. The van der Waals surface area contributed by atoms with Gasteiger partial charge < -0.3 is 19.7 Å². The lowest BCUT2D eigenvalue weighted by atomic mass is 10.0. The van der Waals surface area contributed by atoms with Crippen LogP contribution in [0, 0.1) is 0 Å². The van der Waals surface area contributed by atoms with Crippen molar-refractivity contribution < 1.29 is 24.5 Å². The number of thiol groups is 1. The van der Waals surface area contributed by atoms with Crippen molar-refractivity contribution in [3.63, 3.8) is 0 Å². The van der Waals surface area contributed by atoms with Crippen LogP contribution >= 0.6 is 28.6 Å². The molecule has 9 nitrogen and oxygen atoms in total. The minimum atomic E-state index is -1.45. The van der Waals surface area contributed by atoms with Crippen LogP contribution in [0.3, 0.4) is 0 Å². The third-order valence-corrected chi connectivity index (χ3v) is 8.06. The summed E-state index contributed by atoms with van der Waals surface area (Å²) in [6.07, 6.45) is 14.4. The third kappa shape index (κ3) is 11.2. The second kappa shape index (κ2) is 18.3. The van der Waals surface area contributed by atoms with E-state index in [9.17, 15) is 24.6 Å². The number of rotatable bonds is 19. The maximum atomic E-state index is 12.3. The van der Waals surface area contributed by atoms with Gasteiger partial charge in [0.15, 0.2) is 6.23 Å². The number of ether oxygens (including phenoxy) is 2. The van der Waals surface area contributed by atoms with Crippen molar-refractivity contribution in [3.05, 3.63) is 31.5 Å². The van der Waals surface area contributed by atoms with E-state index < -0.39 is 47.0 Å². The molecule has 1 aromatic heterocycles. The van der Waals surface area contributed by atoms with E-state index in [1.54, 1.807) is 0 Å².